The van der Waals surface area contributed by atoms with Crippen LogP contribution >= 0.6 is 22.7 Å². The molecule has 25 heavy (non-hydrogen) atoms. The zero-order valence-electron chi connectivity index (χ0n) is 13.6. The number of aromatic nitrogens is 4. The minimum absolute atomic E-state index is 0.0210. The third-order valence-corrected chi connectivity index (χ3v) is 6.13. The Balaban J connectivity index is 1.61. The van der Waals surface area contributed by atoms with Crippen LogP contribution in [0, 0.1) is 13.8 Å². The Bertz CT molecular complexity index is 1020. The maximum Gasteiger partial charge on any atom is 0.271 e. The van der Waals surface area contributed by atoms with E-state index in [-0.39, 0.29) is 17.2 Å². The van der Waals surface area contributed by atoms with Gasteiger partial charge < -0.3 is 4.74 Å². The second kappa shape index (κ2) is 6.28. The lowest BCUT2D eigenvalue weighted by atomic mass is 10.2. The third-order valence-electron chi connectivity index (χ3n) is 4.13. The summed E-state index contributed by atoms with van der Waals surface area (Å²) in [4.78, 5) is 30.9. The number of nitrogens with one attached hydrogen (secondary N) is 1. The monoisotopic (exact) mass is 377 g/mol. The molecular formula is C15H15N5O3S2. The average Bonchev–Trinajstić information content (AvgIpc) is 3.29. The van der Waals surface area contributed by atoms with Gasteiger partial charge in [0, 0.05) is 23.4 Å². The average molecular weight is 377 g/mol. The summed E-state index contributed by atoms with van der Waals surface area (Å²) in [7, 11) is 0. The highest BCUT2D eigenvalue weighted by atomic mass is 32.1. The predicted molar refractivity (Wildman–Crippen MR) is 94.6 cm³/mol. The summed E-state index contributed by atoms with van der Waals surface area (Å²) in [5, 5.41) is 11.8. The Morgan fingerprint density at radius 2 is 2.20 bits per heavy atom. The lowest BCUT2D eigenvalue weighted by Crippen LogP contribution is -2.26. The van der Waals surface area contributed by atoms with Crippen molar-refractivity contribution in [2.24, 2.45) is 0 Å². The van der Waals surface area contributed by atoms with Crippen LogP contribution in [0.1, 0.15) is 44.9 Å². The van der Waals surface area contributed by atoms with Gasteiger partial charge in [-0.3, -0.25) is 19.3 Å². The maximum atomic E-state index is 12.6. The van der Waals surface area contributed by atoms with Crippen molar-refractivity contribution in [3.05, 3.63) is 37.7 Å². The Morgan fingerprint density at radius 1 is 1.36 bits per heavy atom. The molecule has 0 saturated carbocycles. The Morgan fingerprint density at radius 3 is 2.96 bits per heavy atom. The van der Waals surface area contributed by atoms with Crippen molar-refractivity contribution in [3.8, 4) is 0 Å². The number of nitrogens with zero attached hydrogens (tertiary/aromatic N) is 4. The number of rotatable bonds is 3. The molecular weight excluding hydrogens is 362 g/mol. The molecule has 1 atom stereocenters. The fraction of sp³-hybridized carbons (Fsp3) is 0.400. The molecule has 130 valence electrons. The smallest absolute Gasteiger partial charge is 0.271 e. The first-order valence-corrected chi connectivity index (χ1v) is 9.42. The van der Waals surface area contributed by atoms with Gasteiger partial charge in [0.25, 0.3) is 11.5 Å². The molecule has 0 bridgehead atoms. The van der Waals surface area contributed by atoms with Crippen LogP contribution in [0.4, 0.5) is 5.13 Å². The zero-order chi connectivity index (χ0) is 17.6. The molecule has 1 fully saturated rings. The van der Waals surface area contributed by atoms with Gasteiger partial charge in [0.2, 0.25) is 5.13 Å². The standard InChI is InChI=1S/C15H15N5O3S2/c1-7-8(2)24-15-16-6-9(13(22)20(7)15)11(21)17-14-19-18-12(25-14)10-4-3-5-23-10/h6,10H,3-5H2,1-2H3,(H,17,19,21). The molecule has 1 N–H and O–H groups in total. The Labute approximate surface area is 150 Å². The molecule has 10 heteroatoms. The summed E-state index contributed by atoms with van der Waals surface area (Å²) in [6.07, 6.45) is 3.16. The highest BCUT2D eigenvalue weighted by molar-refractivity contribution is 7.17. The van der Waals surface area contributed by atoms with E-state index in [1.807, 2.05) is 13.8 Å². The molecule has 1 saturated heterocycles. The molecule has 4 heterocycles. The van der Waals surface area contributed by atoms with Crippen molar-refractivity contribution >= 4 is 38.7 Å². The molecule has 0 aliphatic carbocycles. The van der Waals surface area contributed by atoms with Gasteiger partial charge in [-0.25, -0.2) is 4.98 Å². The van der Waals surface area contributed by atoms with Gasteiger partial charge in [-0.05, 0) is 26.7 Å². The topological polar surface area (TPSA) is 98.5 Å². The van der Waals surface area contributed by atoms with Crippen LogP contribution in [0.15, 0.2) is 11.0 Å². The molecule has 0 spiro atoms. The highest BCUT2D eigenvalue weighted by Gasteiger charge is 2.23. The lowest BCUT2D eigenvalue weighted by molar-refractivity contribution is 0.102. The number of fused-ring (bicyclic) bond motifs is 1. The Hall–Kier alpha value is -2.17. The molecule has 0 radical (unpaired) electrons. The summed E-state index contributed by atoms with van der Waals surface area (Å²) >= 11 is 2.68. The number of amides is 1. The molecule has 4 rings (SSSR count). The van der Waals surface area contributed by atoms with Crippen LogP contribution in [-0.2, 0) is 4.74 Å². The number of thiazole rings is 1. The van der Waals surface area contributed by atoms with Crippen LogP contribution in [0.25, 0.3) is 4.96 Å². The van der Waals surface area contributed by atoms with E-state index in [0.29, 0.717) is 16.7 Å². The number of carbonyl (C=O) groups is 1. The second-order valence-electron chi connectivity index (χ2n) is 5.74. The van der Waals surface area contributed by atoms with Crippen LogP contribution in [0.3, 0.4) is 0 Å². The van der Waals surface area contributed by atoms with Gasteiger partial charge in [-0.15, -0.1) is 21.5 Å². The number of hydrogen-bond acceptors (Lipinski definition) is 8. The van der Waals surface area contributed by atoms with Gasteiger partial charge in [-0.1, -0.05) is 11.3 Å². The van der Waals surface area contributed by atoms with Gasteiger partial charge >= 0.3 is 0 Å². The second-order valence-corrected chi connectivity index (χ2v) is 7.93. The van der Waals surface area contributed by atoms with E-state index in [4.69, 9.17) is 4.74 Å². The summed E-state index contributed by atoms with van der Waals surface area (Å²) in [6, 6.07) is 0. The summed E-state index contributed by atoms with van der Waals surface area (Å²) in [5.74, 6) is -0.537. The van der Waals surface area contributed by atoms with Crippen molar-refractivity contribution in [2.75, 3.05) is 11.9 Å². The fourth-order valence-corrected chi connectivity index (χ4v) is 4.44. The molecule has 1 amide bonds. The van der Waals surface area contributed by atoms with Crippen LogP contribution < -0.4 is 10.9 Å². The van der Waals surface area contributed by atoms with E-state index in [9.17, 15) is 9.59 Å². The van der Waals surface area contributed by atoms with Crippen molar-refractivity contribution in [1.29, 1.82) is 0 Å². The maximum absolute atomic E-state index is 12.6. The molecule has 0 aromatic carbocycles. The van der Waals surface area contributed by atoms with Crippen LogP contribution in [0.5, 0.6) is 0 Å². The molecule has 1 unspecified atom stereocenters. The number of carbonyl (C=O) groups excluding carboxylic acids is 1. The fourth-order valence-electron chi connectivity index (χ4n) is 2.68. The quantitative estimate of drug-likeness (QED) is 0.752. The van der Waals surface area contributed by atoms with Gasteiger partial charge in [0.05, 0.1) is 0 Å². The van der Waals surface area contributed by atoms with E-state index >= 15 is 0 Å². The number of aryl methyl sites for hydroxylation is 2. The third kappa shape index (κ3) is 2.86. The van der Waals surface area contributed by atoms with Crippen LogP contribution in [-0.4, -0.2) is 32.1 Å². The minimum Gasteiger partial charge on any atom is -0.371 e. The highest BCUT2D eigenvalue weighted by Crippen LogP contribution is 2.31. The van der Waals surface area contributed by atoms with Crippen molar-refractivity contribution in [1.82, 2.24) is 19.6 Å². The van der Waals surface area contributed by atoms with E-state index in [1.165, 1.54) is 33.3 Å². The predicted octanol–water partition coefficient (Wildman–Crippen LogP) is 2.33. The van der Waals surface area contributed by atoms with Crippen molar-refractivity contribution in [2.45, 2.75) is 32.8 Å². The molecule has 1 aliphatic heterocycles. The van der Waals surface area contributed by atoms with E-state index in [2.05, 4.69) is 20.5 Å². The van der Waals surface area contributed by atoms with E-state index in [1.54, 1.807) is 0 Å². The first-order valence-electron chi connectivity index (χ1n) is 7.78. The summed E-state index contributed by atoms with van der Waals surface area (Å²) < 4.78 is 7.02. The minimum atomic E-state index is -0.537. The van der Waals surface area contributed by atoms with Crippen molar-refractivity contribution in [3.63, 3.8) is 0 Å². The molecule has 1 aliphatic rings. The Kier molecular flexibility index (Phi) is 4.10. The van der Waals surface area contributed by atoms with E-state index in [0.717, 1.165) is 28.4 Å². The first-order chi connectivity index (χ1) is 12.0. The molecule has 3 aromatic rings. The van der Waals surface area contributed by atoms with Gasteiger partial charge in [-0.2, -0.15) is 0 Å². The zero-order valence-corrected chi connectivity index (χ0v) is 15.2. The van der Waals surface area contributed by atoms with Crippen molar-refractivity contribution < 1.29 is 9.53 Å². The molecule has 8 nitrogen and oxygen atoms in total. The molecule has 3 aromatic heterocycles. The first kappa shape index (κ1) is 16.3. The summed E-state index contributed by atoms with van der Waals surface area (Å²) in [5.41, 5.74) is 0.393. The largest absolute Gasteiger partial charge is 0.371 e. The van der Waals surface area contributed by atoms with E-state index < -0.39 is 5.91 Å². The normalized spacial score (nSPS) is 17.3. The van der Waals surface area contributed by atoms with Gasteiger partial charge in [0.1, 0.15) is 16.7 Å². The SMILES string of the molecule is Cc1sc2ncc(C(=O)Nc3nnc(C4CCCO4)s3)c(=O)n2c1C. The van der Waals surface area contributed by atoms with Crippen LogP contribution in [0.2, 0.25) is 0 Å². The lowest BCUT2D eigenvalue weighted by Gasteiger charge is -2.03. The van der Waals surface area contributed by atoms with Gasteiger partial charge in [0.15, 0.2) is 4.96 Å². The number of anilines is 1. The number of ether oxygens (including phenoxy) is 1. The summed E-state index contributed by atoms with van der Waals surface area (Å²) in [6.45, 7) is 4.47. The number of hydrogen-bond donors (Lipinski definition) is 1.